The number of rotatable bonds is 5. The average Bonchev–Trinajstić information content (AvgIpc) is 3.04. The molecule has 0 saturated heterocycles. The predicted molar refractivity (Wildman–Crippen MR) is 90.7 cm³/mol. The van der Waals surface area contributed by atoms with Gasteiger partial charge >= 0.3 is 0 Å². The second-order valence-electron chi connectivity index (χ2n) is 4.78. The summed E-state index contributed by atoms with van der Waals surface area (Å²) in [6.07, 6.45) is 2.29. The van der Waals surface area contributed by atoms with Crippen LogP contribution in [0, 0.1) is 0 Å². The highest BCUT2D eigenvalue weighted by Crippen LogP contribution is 2.38. The molecule has 0 atom stereocenters. The zero-order valence-electron chi connectivity index (χ0n) is 13.0. The molecule has 2 aromatic heterocycles. The van der Waals surface area contributed by atoms with Gasteiger partial charge in [-0.2, -0.15) is 14.6 Å². The van der Waals surface area contributed by atoms with Crippen LogP contribution < -0.4 is 14.8 Å². The van der Waals surface area contributed by atoms with E-state index in [9.17, 15) is 0 Å². The maximum absolute atomic E-state index is 5.37. The number of nitrogens with one attached hydrogen (secondary N) is 1. The van der Waals surface area contributed by atoms with E-state index >= 15 is 0 Å². The third kappa shape index (κ3) is 2.94. The Hall–Kier alpha value is -2.35. The van der Waals surface area contributed by atoms with Gasteiger partial charge in [-0.15, -0.1) is 0 Å². The summed E-state index contributed by atoms with van der Waals surface area (Å²) < 4.78 is 13.2. The normalized spacial score (nSPS) is 10.8. The smallest absolute Gasteiger partial charge is 0.254 e. The average molecular weight is 378 g/mol. The summed E-state index contributed by atoms with van der Waals surface area (Å²) >= 11 is 3.46. The Bertz CT molecular complexity index is 824. The molecule has 0 aliphatic heterocycles. The van der Waals surface area contributed by atoms with Crippen LogP contribution in [0.25, 0.3) is 5.78 Å². The molecule has 0 radical (unpaired) electrons. The fourth-order valence-corrected chi connectivity index (χ4v) is 2.77. The Morgan fingerprint density at radius 2 is 1.87 bits per heavy atom. The zero-order valence-corrected chi connectivity index (χ0v) is 14.6. The lowest BCUT2D eigenvalue weighted by atomic mass is 10.2. The topological polar surface area (TPSA) is 73.6 Å². The second kappa shape index (κ2) is 6.41. The molecule has 0 aliphatic rings. The lowest BCUT2D eigenvalue weighted by Gasteiger charge is -2.14. The highest BCUT2D eigenvalue weighted by Gasteiger charge is 2.12. The molecule has 0 spiro atoms. The molecule has 120 valence electrons. The molecular weight excluding hydrogens is 362 g/mol. The molecule has 0 aliphatic carbocycles. The van der Waals surface area contributed by atoms with Gasteiger partial charge in [-0.1, -0.05) is 6.92 Å². The first-order chi connectivity index (χ1) is 11.2. The maximum Gasteiger partial charge on any atom is 0.254 e. The molecule has 8 heteroatoms. The van der Waals surface area contributed by atoms with Gasteiger partial charge in [0.2, 0.25) is 0 Å². The van der Waals surface area contributed by atoms with Crippen LogP contribution in [0.5, 0.6) is 11.5 Å². The Kier molecular flexibility index (Phi) is 4.33. The molecule has 1 aromatic carbocycles. The van der Waals surface area contributed by atoms with E-state index in [0.717, 1.165) is 28.1 Å². The quantitative estimate of drug-likeness (QED) is 0.735. The molecule has 3 aromatic rings. The van der Waals surface area contributed by atoms with Gasteiger partial charge in [0.05, 0.1) is 14.2 Å². The van der Waals surface area contributed by atoms with E-state index in [4.69, 9.17) is 9.47 Å². The molecular formula is C15H16BrN5O2. The molecule has 1 N–H and O–H groups in total. The van der Waals surface area contributed by atoms with Gasteiger partial charge in [-0.05, 0) is 22.4 Å². The van der Waals surface area contributed by atoms with Crippen molar-refractivity contribution < 1.29 is 9.47 Å². The molecule has 0 fully saturated rings. The van der Waals surface area contributed by atoms with Crippen molar-refractivity contribution in [3.63, 3.8) is 0 Å². The Labute approximate surface area is 141 Å². The highest BCUT2D eigenvalue weighted by molar-refractivity contribution is 9.10. The summed E-state index contributed by atoms with van der Waals surface area (Å²) in [7, 11) is 3.22. The summed E-state index contributed by atoms with van der Waals surface area (Å²) in [6, 6.07) is 5.70. The van der Waals surface area contributed by atoms with E-state index in [1.54, 1.807) is 18.7 Å². The molecule has 0 unspecified atom stereocenters. The number of methoxy groups -OCH3 is 2. The van der Waals surface area contributed by atoms with Crippen LogP contribution >= 0.6 is 15.9 Å². The van der Waals surface area contributed by atoms with Crippen molar-refractivity contribution in [2.45, 2.75) is 13.3 Å². The van der Waals surface area contributed by atoms with Gasteiger partial charge in [-0.3, -0.25) is 0 Å². The number of anilines is 2. The number of halogens is 1. The van der Waals surface area contributed by atoms with Gasteiger partial charge in [-0.25, -0.2) is 4.98 Å². The van der Waals surface area contributed by atoms with E-state index in [0.29, 0.717) is 17.3 Å². The number of hydrogen-bond donors (Lipinski definition) is 1. The van der Waals surface area contributed by atoms with Crippen molar-refractivity contribution in [3.8, 4) is 11.5 Å². The lowest BCUT2D eigenvalue weighted by molar-refractivity contribution is 0.390. The fourth-order valence-electron chi connectivity index (χ4n) is 2.22. The molecule has 3 rings (SSSR count). The summed E-state index contributed by atoms with van der Waals surface area (Å²) in [5.74, 6) is 2.68. The first-order valence-electron chi connectivity index (χ1n) is 7.04. The summed E-state index contributed by atoms with van der Waals surface area (Å²) in [5.41, 5.74) is 1.75. The van der Waals surface area contributed by atoms with Crippen LogP contribution in [0.3, 0.4) is 0 Å². The van der Waals surface area contributed by atoms with Gasteiger partial charge in [0, 0.05) is 29.6 Å². The largest absolute Gasteiger partial charge is 0.495 e. The highest BCUT2D eigenvalue weighted by atomic mass is 79.9. The van der Waals surface area contributed by atoms with Crippen molar-refractivity contribution in [3.05, 3.63) is 34.7 Å². The number of hydrogen-bond acceptors (Lipinski definition) is 6. The summed E-state index contributed by atoms with van der Waals surface area (Å²) in [4.78, 5) is 8.59. The number of aryl methyl sites for hydroxylation is 1. The van der Waals surface area contributed by atoms with Crippen molar-refractivity contribution in [2.24, 2.45) is 0 Å². The van der Waals surface area contributed by atoms with E-state index in [2.05, 4.69) is 36.3 Å². The molecule has 0 saturated carbocycles. The lowest BCUT2D eigenvalue weighted by Crippen LogP contribution is -2.04. The standard InChI is InChI=1S/C15H16BrN5O2/c1-4-9-7-13(21-15(20-9)17-8-18-21)19-10-5-11(22-2)14(16)12(6-10)23-3/h5-8,19H,4H2,1-3H3. The fraction of sp³-hybridized carbons (Fsp3) is 0.267. The van der Waals surface area contributed by atoms with Crippen molar-refractivity contribution in [2.75, 3.05) is 19.5 Å². The van der Waals surface area contributed by atoms with Gasteiger partial charge in [0.1, 0.15) is 28.1 Å². The summed E-state index contributed by atoms with van der Waals surface area (Å²) in [5, 5.41) is 7.53. The monoisotopic (exact) mass is 377 g/mol. The van der Waals surface area contributed by atoms with Gasteiger partial charge in [0.25, 0.3) is 5.78 Å². The molecule has 0 amide bonds. The number of benzene rings is 1. The van der Waals surface area contributed by atoms with Crippen molar-refractivity contribution in [1.82, 2.24) is 19.6 Å². The third-order valence-corrected chi connectivity index (χ3v) is 4.17. The minimum Gasteiger partial charge on any atom is -0.495 e. The van der Waals surface area contributed by atoms with Crippen molar-refractivity contribution in [1.29, 1.82) is 0 Å². The van der Waals surface area contributed by atoms with E-state index in [-0.39, 0.29) is 0 Å². The number of nitrogens with zero attached hydrogens (tertiary/aromatic N) is 4. The van der Waals surface area contributed by atoms with Crippen LogP contribution in [0.1, 0.15) is 12.6 Å². The van der Waals surface area contributed by atoms with Crippen LogP contribution in [-0.4, -0.2) is 33.8 Å². The van der Waals surface area contributed by atoms with E-state index < -0.39 is 0 Å². The van der Waals surface area contributed by atoms with Crippen LogP contribution in [0.2, 0.25) is 0 Å². The SMILES string of the molecule is CCc1cc(Nc2cc(OC)c(Br)c(OC)c2)n2ncnc2n1. The number of fused-ring (bicyclic) bond motifs is 1. The molecule has 23 heavy (non-hydrogen) atoms. The van der Waals surface area contributed by atoms with Crippen LogP contribution in [0.4, 0.5) is 11.5 Å². The Balaban J connectivity index is 2.06. The first-order valence-corrected chi connectivity index (χ1v) is 7.83. The Morgan fingerprint density at radius 1 is 1.17 bits per heavy atom. The third-order valence-electron chi connectivity index (χ3n) is 3.39. The number of aromatic nitrogens is 4. The predicted octanol–water partition coefficient (Wildman–Crippen LogP) is 3.21. The van der Waals surface area contributed by atoms with Crippen molar-refractivity contribution >= 4 is 33.2 Å². The second-order valence-corrected chi connectivity index (χ2v) is 5.57. The minimum atomic E-state index is 0.558. The maximum atomic E-state index is 5.37. The summed E-state index contributed by atoms with van der Waals surface area (Å²) in [6.45, 7) is 2.05. The van der Waals surface area contributed by atoms with Crippen LogP contribution in [0.15, 0.2) is 29.0 Å². The van der Waals surface area contributed by atoms with E-state index in [1.807, 2.05) is 25.1 Å². The van der Waals surface area contributed by atoms with Gasteiger partial charge < -0.3 is 14.8 Å². The van der Waals surface area contributed by atoms with Crippen LogP contribution in [-0.2, 0) is 6.42 Å². The molecule has 2 heterocycles. The van der Waals surface area contributed by atoms with E-state index in [1.165, 1.54) is 6.33 Å². The number of ether oxygens (including phenoxy) is 2. The van der Waals surface area contributed by atoms with Gasteiger partial charge in [0.15, 0.2) is 0 Å². The molecule has 7 nitrogen and oxygen atoms in total. The minimum absolute atomic E-state index is 0.558. The Morgan fingerprint density at radius 3 is 2.48 bits per heavy atom. The zero-order chi connectivity index (χ0) is 16.4. The first kappa shape index (κ1) is 15.5. The molecule has 0 bridgehead atoms.